The van der Waals surface area contributed by atoms with Crippen LogP contribution in [0, 0.1) is 0 Å². The van der Waals surface area contributed by atoms with Gasteiger partial charge in [-0.2, -0.15) is 4.98 Å². The molecular weight excluding hydrogens is 399 g/mol. The molecule has 1 aromatic heterocycles. The summed E-state index contributed by atoms with van der Waals surface area (Å²) in [6, 6.07) is 11.7. The molecule has 0 amide bonds. The number of halogens is 2. The minimum atomic E-state index is 0.215. The van der Waals surface area contributed by atoms with Gasteiger partial charge in [-0.05, 0) is 35.9 Å². The van der Waals surface area contributed by atoms with Crippen molar-refractivity contribution in [2.75, 3.05) is 50.2 Å². The predicted molar refractivity (Wildman–Crippen MR) is 114 cm³/mol. The number of benzene rings is 2. The lowest BCUT2D eigenvalue weighted by Crippen LogP contribution is -2.47. The average molecular weight is 419 g/mol. The summed E-state index contributed by atoms with van der Waals surface area (Å²) in [7, 11) is 3.21. The maximum Gasteiger partial charge on any atom is 0.224 e. The quantitative estimate of drug-likeness (QED) is 0.589. The Bertz CT molecular complexity index is 1010. The first kappa shape index (κ1) is 18.9. The van der Waals surface area contributed by atoms with E-state index in [9.17, 15) is 0 Å². The monoisotopic (exact) mass is 418 g/mol. The summed E-state index contributed by atoms with van der Waals surface area (Å²) in [6.07, 6.45) is 0. The van der Waals surface area contributed by atoms with Gasteiger partial charge in [-0.3, -0.25) is 0 Å². The van der Waals surface area contributed by atoms with Gasteiger partial charge in [0, 0.05) is 48.3 Å². The Morgan fingerprint density at radius 1 is 0.857 bits per heavy atom. The first-order valence-corrected chi connectivity index (χ1v) is 9.69. The Kier molecular flexibility index (Phi) is 5.33. The molecule has 0 aliphatic carbocycles. The van der Waals surface area contributed by atoms with Crippen LogP contribution in [0.25, 0.3) is 10.9 Å². The molecule has 28 heavy (non-hydrogen) atoms. The number of piperazine rings is 1. The van der Waals surface area contributed by atoms with E-state index in [1.54, 1.807) is 14.2 Å². The fourth-order valence-corrected chi connectivity index (χ4v) is 3.86. The molecule has 0 spiro atoms. The van der Waals surface area contributed by atoms with Crippen LogP contribution < -0.4 is 19.3 Å². The second-order valence-electron chi connectivity index (χ2n) is 6.49. The van der Waals surface area contributed by atoms with Crippen molar-refractivity contribution in [2.24, 2.45) is 0 Å². The number of fused-ring (bicyclic) bond motifs is 1. The van der Waals surface area contributed by atoms with Crippen LogP contribution in [0.1, 0.15) is 0 Å². The number of ether oxygens (including phenoxy) is 2. The van der Waals surface area contributed by atoms with Crippen molar-refractivity contribution in [3.8, 4) is 11.5 Å². The standard InChI is InChI=1S/C20H20Cl2N4O2/c1-27-17-11-15-16(12-18(17)28-2)23-20(22)24-19(15)26-8-6-25(7-9-26)14-5-3-4-13(21)10-14/h3-5,10-12H,6-9H2,1-2H3. The maximum absolute atomic E-state index is 6.21. The van der Waals surface area contributed by atoms with E-state index >= 15 is 0 Å². The molecule has 0 saturated carbocycles. The molecule has 4 rings (SSSR count). The molecule has 1 fully saturated rings. The second kappa shape index (κ2) is 7.89. The third kappa shape index (κ3) is 3.62. The molecule has 8 heteroatoms. The van der Waals surface area contributed by atoms with Gasteiger partial charge in [-0.25, -0.2) is 4.98 Å². The van der Waals surface area contributed by atoms with E-state index in [1.807, 2.05) is 30.3 Å². The van der Waals surface area contributed by atoms with Crippen molar-refractivity contribution in [1.29, 1.82) is 0 Å². The van der Waals surface area contributed by atoms with E-state index in [0.29, 0.717) is 11.5 Å². The lowest BCUT2D eigenvalue weighted by molar-refractivity contribution is 0.356. The largest absolute Gasteiger partial charge is 0.493 e. The number of methoxy groups -OCH3 is 2. The van der Waals surface area contributed by atoms with Crippen LogP contribution in [0.2, 0.25) is 10.3 Å². The van der Waals surface area contributed by atoms with E-state index in [2.05, 4.69) is 25.8 Å². The Labute approximate surface area is 173 Å². The van der Waals surface area contributed by atoms with Crippen molar-refractivity contribution in [1.82, 2.24) is 9.97 Å². The van der Waals surface area contributed by atoms with Gasteiger partial charge >= 0.3 is 0 Å². The predicted octanol–water partition coefficient (Wildman–Crippen LogP) is 4.28. The Hall–Kier alpha value is -2.44. The summed E-state index contributed by atoms with van der Waals surface area (Å²) < 4.78 is 10.8. The molecule has 0 bridgehead atoms. The molecule has 146 valence electrons. The summed E-state index contributed by atoms with van der Waals surface area (Å²) in [5, 5.41) is 1.85. The number of nitrogens with zero attached hydrogens (tertiary/aromatic N) is 4. The zero-order valence-corrected chi connectivity index (χ0v) is 17.2. The highest BCUT2D eigenvalue weighted by Gasteiger charge is 2.22. The van der Waals surface area contributed by atoms with Crippen LogP contribution in [0.15, 0.2) is 36.4 Å². The van der Waals surface area contributed by atoms with Crippen molar-refractivity contribution < 1.29 is 9.47 Å². The topological polar surface area (TPSA) is 50.7 Å². The lowest BCUT2D eigenvalue weighted by Gasteiger charge is -2.37. The highest BCUT2D eigenvalue weighted by molar-refractivity contribution is 6.30. The van der Waals surface area contributed by atoms with E-state index in [-0.39, 0.29) is 5.28 Å². The third-order valence-corrected chi connectivity index (χ3v) is 5.31. The molecule has 1 aliphatic heterocycles. The molecule has 6 nitrogen and oxygen atoms in total. The third-order valence-electron chi connectivity index (χ3n) is 4.91. The van der Waals surface area contributed by atoms with Gasteiger partial charge in [0.1, 0.15) is 5.82 Å². The Morgan fingerprint density at radius 3 is 2.21 bits per heavy atom. The van der Waals surface area contributed by atoms with E-state index in [0.717, 1.165) is 53.6 Å². The molecule has 2 heterocycles. The van der Waals surface area contributed by atoms with Crippen LogP contribution in [0.5, 0.6) is 11.5 Å². The lowest BCUT2D eigenvalue weighted by atomic mass is 10.1. The average Bonchev–Trinajstić information content (AvgIpc) is 2.72. The Balaban J connectivity index is 1.64. The van der Waals surface area contributed by atoms with Crippen molar-refractivity contribution in [3.63, 3.8) is 0 Å². The van der Waals surface area contributed by atoms with Crippen LogP contribution in [-0.2, 0) is 0 Å². The number of anilines is 2. The van der Waals surface area contributed by atoms with E-state index in [4.69, 9.17) is 32.7 Å². The van der Waals surface area contributed by atoms with Crippen LogP contribution in [0.3, 0.4) is 0 Å². The summed E-state index contributed by atoms with van der Waals surface area (Å²) in [5.41, 5.74) is 1.86. The molecule has 2 aromatic carbocycles. The first-order valence-electron chi connectivity index (χ1n) is 8.94. The van der Waals surface area contributed by atoms with Gasteiger partial charge in [0.25, 0.3) is 0 Å². The van der Waals surface area contributed by atoms with Gasteiger partial charge in [0.15, 0.2) is 11.5 Å². The highest BCUT2D eigenvalue weighted by atomic mass is 35.5. The SMILES string of the molecule is COc1cc2nc(Cl)nc(N3CCN(c4cccc(Cl)c4)CC3)c2cc1OC. The molecule has 1 aliphatic rings. The van der Waals surface area contributed by atoms with Gasteiger partial charge in [-0.1, -0.05) is 17.7 Å². The van der Waals surface area contributed by atoms with Crippen molar-refractivity contribution in [3.05, 3.63) is 46.7 Å². The van der Waals surface area contributed by atoms with Crippen LogP contribution in [0.4, 0.5) is 11.5 Å². The summed E-state index contributed by atoms with van der Waals surface area (Å²) in [6.45, 7) is 3.33. The fraction of sp³-hybridized carbons (Fsp3) is 0.300. The molecule has 3 aromatic rings. The smallest absolute Gasteiger partial charge is 0.224 e. The normalized spacial score (nSPS) is 14.4. The number of rotatable bonds is 4. The fourth-order valence-electron chi connectivity index (χ4n) is 3.50. The molecular formula is C20H20Cl2N4O2. The summed E-state index contributed by atoms with van der Waals surface area (Å²) >= 11 is 12.3. The van der Waals surface area contributed by atoms with Crippen LogP contribution >= 0.6 is 23.2 Å². The maximum atomic E-state index is 6.21. The van der Waals surface area contributed by atoms with E-state index in [1.165, 1.54) is 0 Å². The van der Waals surface area contributed by atoms with Gasteiger partial charge < -0.3 is 19.3 Å². The van der Waals surface area contributed by atoms with E-state index < -0.39 is 0 Å². The van der Waals surface area contributed by atoms with Gasteiger partial charge in [0.2, 0.25) is 5.28 Å². The minimum Gasteiger partial charge on any atom is -0.493 e. The molecule has 1 saturated heterocycles. The number of hydrogen-bond acceptors (Lipinski definition) is 6. The number of hydrogen-bond donors (Lipinski definition) is 0. The summed E-state index contributed by atoms with van der Waals surface area (Å²) in [5.74, 6) is 2.06. The summed E-state index contributed by atoms with van der Waals surface area (Å²) in [4.78, 5) is 13.4. The molecule has 0 radical (unpaired) electrons. The molecule has 0 unspecified atom stereocenters. The van der Waals surface area contributed by atoms with Crippen LogP contribution in [-0.4, -0.2) is 50.4 Å². The zero-order chi connectivity index (χ0) is 19.7. The Morgan fingerprint density at radius 2 is 1.54 bits per heavy atom. The second-order valence-corrected chi connectivity index (χ2v) is 7.27. The minimum absolute atomic E-state index is 0.215. The zero-order valence-electron chi connectivity index (χ0n) is 15.7. The first-order chi connectivity index (χ1) is 13.6. The van der Waals surface area contributed by atoms with Crippen molar-refractivity contribution >= 4 is 45.6 Å². The number of aromatic nitrogens is 2. The van der Waals surface area contributed by atoms with Gasteiger partial charge in [-0.15, -0.1) is 0 Å². The highest BCUT2D eigenvalue weighted by Crippen LogP contribution is 2.36. The van der Waals surface area contributed by atoms with Gasteiger partial charge in [0.05, 0.1) is 19.7 Å². The van der Waals surface area contributed by atoms with Crippen molar-refractivity contribution in [2.45, 2.75) is 0 Å². The molecule has 0 atom stereocenters. The molecule has 0 N–H and O–H groups in total.